The van der Waals surface area contributed by atoms with E-state index in [0.717, 1.165) is 22.3 Å². The van der Waals surface area contributed by atoms with Crippen LogP contribution in [0, 0.1) is 6.92 Å². The molecule has 2 aromatic carbocycles. The Morgan fingerprint density at radius 2 is 1.68 bits per heavy atom. The molecule has 6 heteroatoms. The highest BCUT2D eigenvalue weighted by Gasteiger charge is 2.20. The van der Waals surface area contributed by atoms with Crippen LogP contribution in [0.2, 0.25) is 0 Å². The van der Waals surface area contributed by atoms with E-state index in [0.29, 0.717) is 6.42 Å². The maximum Gasteiger partial charge on any atom is 0.372 e. The van der Waals surface area contributed by atoms with Crippen LogP contribution in [-0.4, -0.2) is 46.1 Å². The third kappa shape index (κ3) is 8.07. The molecule has 6 nitrogen and oxygen atoms in total. The monoisotopic (exact) mass is 426 g/mol. The van der Waals surface area contributed by atoms with Gasteiger partial charge in [0, 0.05) is 12.0 Å². The molecule has 0 aromatic heterocycles. The third-order valence-corrected chi connectivity index (χ3v) is 4.77. The number of ether oxygens (including phenoxy) is 1. The molecule has 0 aliphatic carbocycles. The van der Waals surface area contributed by atoms with Crippen LogP contribution in [0.3, 0.4) is 0 Å². The molecule has 0 bridgehead atoms. The van der Waals surface area contributed by atoms with E-state index in [2.05, 4.69) is 0 Å². The largest absolute Gasteiger partial charge is 0.475 e. The number of carboxylic acids is 1. The maximum absolute atomic E-state index is 12.6. The number of aliphatic hydroxyl groups is 1. The van der Waals surface area contributed by atoms with Crippen LogP contribution >= 0.6 is 0 Å². The summed E-state index contributed by atoms with van der Waals surface area (Å²) in [5, 5.41) is 19.2. The number of rotatable bonds is 10. The zero-order valence-electron chi connectivity index (χ0n) is 18.5. The second-order valence-electron chi connectivity index (χ2n) is 8.75. The molecule has 1 unspecified atom stereocenters. The van der Waals surface area contributed by atoms with E-state index >= 15 is 0 Å². The third-order valence-electron chi connectivity index (χ3n) is 4.77. The van der Waals surface area contributed by atoms with Gasteiger partial charge in [-0.1, -0.05) is 30.3 Å². The van der Waals surface area contributed by atoms with E-state index < -0.39 is 30.1 Å². The number of aryl methyl sites for hydroxylation is 1. The Hall–Kier alpha value is -2.83. The lowest BCUT2D eigenvalue weighted by atomic mass is 9.93. The highest BCUT2D eigenvalue weighted by molar-refractivity contribution is 6.37. The lowest BCUT2D eigenvalue weighted by Crippen LogP contribution is -2.27. The predicted octanol–water partition coefficient (Wildman–Crippen LogP) is 3.53. The van der Waals surface area contributed by atoms with Crippen LogP contribution in [0.4, 0.5) is 0 Å². The summed E-state index contributed by atoms with van der Waals surface area (Å²) in [7, 11) is 0. The SMILES string of the molecule is Cc1ccccc1Cc1cc(CC(O)COC(C)(C)C)cc(C(=O)CC(=O)C(=O)O)c1. The van der Waals surface area contributed by atoms with Crippen molar-refractivity contribution in [1.29, 1.82) is 0 Å². The van der Waals surface area contributed by atoms with E-state index in [1.165, 1.54) is 0 Å². The zero-order chi connectivity index (χ0) is 23.2. The number of hydrogen-bond acceptors (Lipinski definition) is 5. The molecule has 0 amide bonds. The Kier molecular flexibility index (Phi) is 8.25. The van der Waals surface area contributed by atoms with Crippen LogP contribution in [0.25, 0.3) is 0 Å². The normalized spacial score (nSPS) is 12.4. The van der Waals surface area contributed by atoms with Gasteiger partial charge in [0.15, 0.2) is 5.78 Å². The summed E-state index contributed by atoms with van der Waals surface area (Å²) in [4.78, 5) is 34.9. The fourth-order valence-electron chi connectivity index (χ4n) is 3.17. The number of carbonyl (C=O) groups excluding carboxylic acids is 2. The summed E-state index contributed by atoms with van der Waals surface area (Å²) < 4.78 is 5.63. The highest BCUT2D eigenvalue weighted by atomic mass is 16.5. The summed E-state index contributed by atoms with van der Waals surface area (Å²) >= 11 is 0. The van der Waals surface area contributed by atoms with E-state index in [4.69, 9.17) is 9.84 Å². The Labute approximate surface area is 182 Å². The molecule has 1 atom stereocenters. The molecule has 0 aliphatic rings. The van der Waals surface area contributed by atoms with Gasteiger partial charge in [0.2, 0.25) is 5.78 Å². The van der Waals surface area contributed by atoms with Gasteiger partial charge in [-0.25, -0.2) is 4.79 Å². The molecular formula is C25H30O6. The first-order valence-corrected chi connectivity index (χ1v) is 10.2. The van der Waals surface area contributed by atoms with Gasteiger partial charge in [-0.2, -0.15) is 0 Å². The summed E-state index contributed by atoms with van der Waals surface area (Å²) in [5.74, 6) is -3.32. The first-order chi connectivity index (χ1) is 14.4. The van der Waals surface area contributed by atoms with Crippen molar-refractivity contribution in [3.8, 4) is 0 Å². The van der Waals surface area contributed by atoms with Crippen LogP contribution in [-0.2, 0) is 27.2 Å². The van der Waals surface area contributed by atoms with Gasteiger partial charge in [-0.05, 0) is 68.5 Å². The van der Waals surface area contributed by atoms with E-state index in [1.807, 2.05) is 58.0 Å². The van der Waals surface area contributed by atoms with Gasteiger partial charge < -0.3 is 14.9 Å². The summed E-state index contributed by atoms with van der Waals surface area (Å²) in [5.41, 5.74) is 3.66. The molecular weight excluding hydrogens is 396 g/mol. The molecule has 0 saturated carbocycles. The van der Waals surface area contributed by atoms with Crippen molar-refractivity contribution in [3.05, 3.63) is 70.3 Å². The molecule has 31 heavy (non-hydrogen) atoms. The van der Waals surface area contributed by atoms with E-state index in [-0.39, 0.29) is 24.2 Å². The maximum atomic E-state index is 12.6. The van der Waals surface area contributed by atoms with Gasteiger partial charge in [0.05, 0.1) is 24.7 Å². The molecule has 0 heterocycles. The number of carbonyl (C=O) groups is 3. The van der Waals surface area contributed by atoms with Gasteiger partial charge in [-0.3, -0.25) is 9.59 Å². The average molecular weight is 427 g/mol. The molecule has 0 spiro atoms. The molecule has 0 fully saturated rings. The Bertz CT molecular complexity index is 955. The second kappa shape index (κ2) is 10.5. The van der Waals surface area contributed by atoms with Crippen LogP contribution in [0.15, 0.2) is 42.5 Å². The van der Waals surface area contributed by atoms with Crippen molar-refractivity contribution >= 4 is 17.5 Å². The first kappa shape index (κ1) is 24.4. The summed E-state index contributed by atoms with van der Waals surface area (Å²) in [6.07, 6.45) is -0.623. The molecule has 0 radical (unpaired) electrons. The Morgan fingerprint density at radius 3 is 2.29 bits per heavy atom. The number of ketones is 2. The number of carboxylic acid groups (broad SMARTS) is 1. The minimum absolute atomic E-state index is 0.145. The average Bonchev–Trinajstić information content (AvgIpc) is 2.67. The van der Waals surface area contributed by atoms with Crippen LogP contribution < -0.4 is 0 Å². The molecule has 166 valence electrons. The fourth-order valence-corrected chi connectivity index (χ4v) is 3.17. The Balaban J connectivity index is 2.30. The standard InChI is InChI=1S/C25H30O6/c1-16-7-5-6-8-19(16)10-17-9-18(13-21(26)15-31-25(2,3)4)12-20(11-17)22(27)14-23(28)24(29)30/h5-9,11-12,21,26H,10,13-15H2,1-4H3,(H,29,30). The number of Topliss-reactive ketones (excluding diaryl/α,β-unsaturated/α-hetero) is 2. The molecule has 0 aliphatic heterocycles. The van der Waals surface area contributed by atoms with Gasteiger partial charge >= 0.3 is 5.97 Å². The van der Waals surface area contributed by atoms with Crippen LogP contribution in [0.1, 0.15) is 59.8 Å². The first-order valence-electron chi connectivity index (χ1n) is 10.2. The summed E-state index contributed by atoms with van der Waals surface area (Å²) in [6, 6.07) is 13.1. The molecule has 2 aromatic rings. The lowest BCUT2D eigenvalue weighted by molar-refractivity contribution is -0.148. The topological polar surface area (TPSA) is 101 Å². The summed E-state index contributed by atoms with van der Waals surface area (Å²) in [6.45, 7) is 7.85. The van der Waals surface area contributed by atoms with Gasteiger partial charge in [-0.15, -0.1) is 0 Å². The number of aliphatic hydroxyl groups excluding tert-OH is 1. The second-order valence-corrected chi connectivity index (χ2v) is 8.75. The lowest BCUT2D eigenvalue weighted by Gasteiger charge is -2.22. The minimum Gasteiger partial charge on any atom is -0.475 e. The minimum atomic E-state index is -1.63. The van der Waals surface area contributed by atoms with E-state index in [9.17, 15) is 19.5 Å². The molecule has 2 N–H and O–H groups in total. The van der Waals surface area contributed by atoms with Crippen LogP contribution in [0.5, 0.6) is 0 Å². The smallest absolute Gasteiger partial charge is 0.372 e. The zero-order valence-corrected chi connectivity index (χ0v) is 18.5. The fraction of sp³-hybridized carbons (Fsp3) is 0.400. The Morgan fingerprint density at radius 1 is 1.03 bits per heavy atom. The molecule has 2 rings (SSSR count). The number of benzene rings is 2. The van der Waals surface area contributed by atoms with Crippen molar-refractivity contribution < 1.29 is 29.3 Å². The molecule has 0 saturated heterocycles. The quantitative estimate of drug-likeness (QED) is 0.342. The van der Waals surface area contributed by atoms with E-state index in [1.54, 1.807) is 12.1 Å². The van der Waals surface area contributed by atoms with Crippen molar-refractivity contribution in [2.45, 2.75) is 58.7 Å². The van der Waals surface area contributed by atoms with Gasteiger partial charge in [0.1, 0.15) is 0 Å². The van der Waals surface area contributed by atoms with Gasteiger partial charge in [0.25, 0.3) is 0 Å². The van der Waals surface area contributed by atoms with Crippen molar-refractivity contribution in [1.82, 2.24) is 0 Å². The number of hydrogen-bond donors (Lipinski definition) is 2. The highest BCUT2D eigenvalue weighted by Crippen LogP contribution is 2.20. The predicted molar refractivity (Wildman–Crippen MR) is 117 cm³/mol. The van der Waals surface area contributed by atoms with Crippen molar-refractivity contribution in [2.24, 2.45) is 0 Å². The van der Waals surface area contributed by atoms with Crippen molar-refractivity contribution in [2.75, 3.05) is 6.61 Å². The number of aliphatic carboxylic acids is 1. The van der Waals surface area contributed by atoms with Crippen molar-refractivity contribution in [3.63, 3.8) is 0 Å².